The third kappa shape index (κ3) is 4.29. The smallest absolute Gasteiger partial charge is 0.293 e. The van der Waals surface area contributed by atoms with Crippen molar-refractivity contribution in [3.8, 4) is 0 Å². The minimum absolute atomic E-state index is 0.0822. The molecular formula is C27H27N5O5. The Balaban J connectivity index is 1.51. The van der Waals surface area contributed by atoms with E-state index < -0.39 is 16.7 Å². The molecule has 5 rings (SSSR count). The van der Waals surface area contributed by atoms with Gasteiger partial charge in [-0.3, -0.25) is 29.4 Å². The van der Waals surface area contributed by atoms with Gasteiger partial charge in [0.2, 0.25) is 0 Å². The first kappa shape index (κ1) is 24.4. The molecule has 190 valence electrons. The van der Waals surface area contributed by atoms with Crippen LogP contribution in [0.3, 0.4) is 0 Å². The topological polar surface area (TPSA) is 116 Å². The number of amides is 3. The van der Waals surface area contributed by atoms with Crippen LogP contribution < -0.4 is 10.2 Å². The van der Waals surface area contributed by atoms with E-state index in [0.717, 1.165) is 0 Å². The van der Waals surface area contributed by atoms with Crippen molar-refractivity contribution in [2.45, 2.75) is 6.42 Å². The lowest BCUT2D eigenvalue weighted by Gasteiger charge is -2.37. The lowest BCUT2D eigenvalue weighted by Crippen LogP contribution is -2.49. The first-order valence-electron chi connectivity index (χ1n) is 12.3. The van der Waals surface area contributed by atoms with Crippen LogP contribution in [0.4, 0.5) is 11.4 Å². The summed E-state index contributed by atoms with van der Waals surface area (Å²) in [5.74, 6) is -0.990. The van der Waals surface area contributed by atoms with E-state index in [1.807, 2.05) is 23.1 Å². The van der Waals surface area contributed by atoms with Gasteiger partial charge in [0.15, 0.2) is 0 Å². The molecule has 0 spiro atoms. The van der Waals surface area contributed by atoms with Crippen molar-refractivity contribution in [3.63, 3.8) is 0 Å². The predicted octanol–water partition coefficient (Wildman–Crippen LogP) is 2.92. The third-order valence-electron chi connectivity index (χ3n) is 6.97. The summed E-state index contributed by atoms with van der Waals surface area (Å²) in [6.45, 7) is 2.41. The van der Waals surface area contributed by atoms with E-state index in [1.54, 1.807) is 42.3 Å². The molecule has 2 heterocycles. The zero-order valence-electron chi connectivity index (χ0n) is 20.5. The van der Waals surface area contributed by atoms with Crippen LogP contribution in [-0.2, 0) is 0 Å². The van der Waals surface area contributed by atoms with Crippen molar-refractivity contribution in [2.24, 2.45) is 0 Å². The van der Waals surface area contributed by atoms with Gasteiger partial charge in [-0.25, -0.2) is 0 Å². The van der Waals surface area contributed by atoms with Gasteiger partial charge in [0.25, 0.3) is 23.4 Å². The summed E-state index contributed by atoms with van der Waals surface area (Å²) >= 11 is 0. The maximum absolute atomic E-state index is 13.3. The van der Waals surface area contributed by atoms with Crippen LogP contribution in [0.15, 0.2) is 54.6 Å². The van der Waals surface area contributed by atoms with Crippen molar-refractivity contribution in [1.29, 1.82) is 0 Å². The highest BCUT2D eigenvalue weighted by atomic mass is 16.6. The van der Waals surface area contributed by atoms with Crippen LogP contribution in [0, 0.1) is 10.1 Å². The number of carbonyl (C=O) groups is 3. The van der Waals surface area contributed by atoms with Gasteiger partial charge in [-0.05, 0) is 38.2 Å². The molecule has 0 atom stereocenters. The predicted molar refractivity (Wildman–Crippen MR) is 139 cm³/mol. The Bertz CT molecular complexity index is 1400. The van der Waals surface area contributed by atoms with Crippen LogP contribution >= 0.6 is 0 Å². The molecule has 37 heavy (non-hydrogen) atoms. The van der Waals surface area contributed by atoms with Gasteiger partial charge in [-0.1, -0.05) is 30.3 Å². The van der Waals surface area contributed by atoms with E-state index in [0.29, 0.717) is 66.7 Å². The Morgan fingerprint density at radius 3 is 2.35 bits per heavy atom. The average molecular weight is 502 g/mol. The first-order chi connectivity index (χ1) is 17.9. The molecule has 0 saturated carbocycles. The highest BCUT2D eigenvalue weighted by Crippen LogP contribution is 2.42. The number of piperazine rings is 1. The molecule has 3 aromatic rings. The van der Waals surface area contributed by atoms with Crippen molar-refractivity contribution >= 4 is 39.9 Å². The average Bonchev–Trinajstić information content (AvgIpc) is 2.93. The fourth-order valence-electron chi connectivity index (χ4n) is 5.17. The molecule has 10 nitrogen and oxygen atoms in total. The number of carbonyl (C=O) groups excluding carboxylic acids is 3. The molecule has 0 unspecified atom stereocenters. The molecule has 3 aromatic carbocycles. The molecule has 1 N–H and O–H groups in total. The second-order valence-corrected chi connectivity index (χ2v) is 9.14. The summed E-state index contributed by atoms with van der Waals surface area (Å²) < 4.78 is 0. The SMILES string of the molecule is CNCCCN1C(=O)c2cccc3c(N4CCN(C(=O)c5ccccc5)CC4)c([N+](=O)[O-])cc(c23)C1=O. The first-order valence-corrected chi connectivity index (χ1v) is 12.3. The molecule has 2 aliphatic heterocycles. The second kappa shape index (κ2) is 9.98. The summed E-state index contributed by atoms with van der Waals surface area (Å²) in [6.07, 6.45) is 0.575. The van der Waals surface area contributed by atoms with Crippen molar-refractivity contribution in [2.75, 3.05) is 51.2 Å². The quantitative estimate of drug-likeness (QED) is 0.229. The third-order valence-corrected chi connectivity index (χ3v) is 6.97. The largest absolute Gasteiger partial charge is 0.362 e. The monoisotopic (exact) mass is 501 g/mol. The molecule has 0 aromatic heterocycles. The Morgan fingerprint density at radius 2 is 1.68 bits per heavy atom. The zero-order chi connectivity index (χ0) is 26.1. The van der Waals surface area contributed by atoms with Gasteiger partial charge in [-0.15, -0.1) is 0 Å². The number of nitrogens with one attached hydrogen (secondary N) is 1. The van der Waals surface area contributed by atoms with Gasteiger partial charge in [0.05, 0.1) is 10.5 Å². The highest BCUT2D eigenvalue weighted by molar-refractivity contribution is 6.27. The summed E-state index contributed by atoms with van der Waals surface area (Å²) in [7, 11) is 1.79. The van der Waals surface area contributed by atoms with Gasteiger partial charge >= 0.3 is 0 Å². The summed E-state index contributed by atoms with van der Waals surface area (Å²) in [5.41, 5.74) is 1.33. The number of imide groups is 1. The Kier molecular flexibility index (Phi) is 6.58. The molecule has 0 aliphatic carbocycles. The van der Waals surface area contributed by atoms with E-state index in [2.05, 4.69) is 5.32 Å². The normalized spacial score (nSPS) is 15.4. The number of nitrogens with zero attached hydrogens (tertiary/aromatic N) is 4. The van der Waals surface area contributed by atoms with E-state index in [-0.39, 0.29) is 23.7 Å². The van der Waals surface area contributed by atoms with E-state index in [9.17, 15) is 24.5 Å². The van der Waals surface area contributed by atoms with Gasteiger partial charge < -0.3 is 15.1 Å². The second-order valence-electron chi connectivity index (χ2n) is 9.14. The molecule has 1 saturated heterocycles. The lowest BCUT2D eigenvalue weighted by atomic mass is 9.91. The van der Waals surface area contributed by atoms with Crippen LogP contribution in [0.2, 0.25) is 0 Å². The Labute approximate surface area is 213 Å². The lowest BCUT2D eigenvalue weighted by molar-refractivity contribution is -0.384. The Morgan fingerprint density at radius 1 is 0.973 bits per heavy atom. The van der Waals surface area contributed by atoms with Crippen LogP contribution in [-0.4, -0.2) is 78.8 Å². The summed E-state index contributed by atoms with van der Waals surface area (Å²) in [6, 6.07) is 15.4. The van der Waals surface area contributed by atoms with Crippen molar-refractivity contribution < 1.29 is 19.3 Å². The minimum Gasteiger partial charge on any atom is -0.362 e. The minimum atomic E-state index is -0.516. The fraction of sp³-hybridized carbons (Fsp3) is 0.296. The van der Waals surface area contributed by atoms with Crippen LogP contribution in [0.25, 0.3) is 10.8 Å². The Hall–Kier alpha value is -4.31. The molecule has 1 fully saturated rings. The number of hydrogen-bond donors (Lipinski definition) is 1. The molecule has 10 heteroatoms. The maximum Gasteiger partial charge on any atom is 0.293 e. The molecule has 0 bridgehead atoms. The number of nitro benzene ring substituents is 1. The summed E-state index contributed by atoms with van der Waals surface area (Å²) in [5, 5.41) is 16.2. The number of anilines is 1. The van der Waals surface area contributed by atoms with E-state index in [4.69, 9.17) is 0 Å². The number of rotatable bonds is 7. The maximum atomic E-state index is 13.3. The number of nitro groups is 1. The standard InChI is InChI=1S/C27H27N5O5/c1-28-11-6-12-31-26(34)20-10-5-9-19-23(20)21(27(31)35)17-22(32(36)37)24(19)29-13-15-30(16-14-29)25(33)18-7-3-2-4-8-18/h2-5,7-10,17,28H,6,11-16H2,1H3. The van der Waals surface area contributed by atoms with E-state index >= 15 is 0 Å². The molecule has 2 aliphatic rings. The van der Waals surface area contributed by atoms with Gasteiger partial charge in [-0.2, -0.15) is 0 Å². The summed E-state index contributed by atoms with van der Waals surface area (Å²) in [4.78, 5) is 56.0. The fourth-order valence-corrected chi connectivity index (χ4v) is 5.17. The van der Waals surface area contributed by atoms with E-state index in [1.165, 1.54) is 11.0 Å². The van der Waals surface area contributed by atoms with Crippen molar-refractivity contribution in [1.82, 2.24) is 15.1 Å². The highest BCUT2D eigenvalue weighted by Gasteiger charge is 2.37. The number of hydrogen-bond acceptors (Lipinski definition) is 7. The van der Waals surface area contributed by atoms with Gasteiger partial charge in [0, 0.05) is 60.7 Å². The van der Waals surface area contributed by atoms with Crippen LogP contribution in [0.5, 0.6) is 0 Å². The molecule has 0 radical (unpaired) electrons. The van der Waals surface area contributed by atoms with Gasteiger partial charge in [0.1, 0.15) is 5.69 Å². The van der Waals surface area contributed by atoms with Crippen molar-refractivity contribution in [3.05, 3.63) is 81.4 Å². The number of benzene rings is 3. The van der Waals surface area contributed by atoms with Crippen LogP contribution in [0.1, 0.15) is 37.5 Å². The molecule has 3 amide bonds. The zero-order valence-corrected chi connectivity index (χ0v) is 20.5. The molecular weight excluding hydrogens is 474 g/mol.